The lowest BCUT2D eigenvalue weighted by Crippen LogP contribution is -2.51. The van der Waals surface area contributed by atoms with Gasteiger partial charge in [-0.2, -0.15) is 0 Å². The Bertz CT molecular complexity index is 750. The molecule has 2 rings (SSSR count). The van der Waals surface area contributed by atoms with E-state index in [9.17, 15) is 18.8 Å². The molecular formula is C17H17FN4O3. The van der Waals surface area contributed by atoms with Crippen molar-refractivity contribution in [2.75, 3.05) is 5.32 Å². The molecule has 0 heterocycles. The van der Waals surface area contributed by atoms with Gasteiger partial charge in [0.05, 0.1) is 0 Å². The summed E-state index contributed by atoms with van der Waals surface area (Å²) in [7, 11) is 0. The predicted molar refractivity (Wildman–Crippen MR) is 90.1 cm³/mol. The van der Waals surface area contributed by atoms with E-state index >= 15 is 0 Å². The van der Waals surface area contributed by atoms with E-state index < -0.39 is 29.7 Å². The average molecular weight is 344 g/mol. The van der Waals surface area contributed by atoms with Crippen LogP contribution in [0.4, 0.5) is 14.9 Å². The highest BCUT2D eigenvalue weighted by Gasteiger charge is 2.16. The molecule has 7 nitrogen and oxygen atoms in total. The minimum atomic E-state index is -0.891. The zero-order valence-electron chi connectivity index (χ0n) is 13.4. The first-order chi connectivity index (χ1) is 12.0. The van der Waals surface area contributed by atoms with Gasteiger partial charge >= 0.3 is 6.03 Å². The Morgan fingerprint density at radius 2 is 1.56 bits per heavy atom. The molecule has 0 spiro atoms. The first-order valence-corrected chi connectivity index (χ1v) is 7.44. The molecule has 0 saturated carbocycles. The standard InChI is InChI=1S/C17H17FN4O3/c1-11(19-17(25)20-14-5-3-2-4-6-14)15(23)21-22-16(24)12-7-9-13(18)10-8-12/h2-11H,1H3,(H,21,23)(H,22,24)(H2,19,20,25). The number of para-hydroxylation sites is 1. The zero-order valence-corrected chi connectivity index (χ0v) is 13.4. The molecule has 0 saturated heterocycles. The summed E-state index contributed by atoms with van der Waals surface area (Å²) in [6.07, 6.45) is 0. The number of anilines is 1. The third kappa shape index (κ3) is 5.61. The summed E-state index contributed by atoms with van der Waals surface area (Å²) >= 11 is 0. The van der Waals surface area contributed by atoms with Gasteiger partial charge < -0.3 is 10.6 Å². The lowest BCUT2D eigenvalue weighted by atomic mass is 10.2. The number of rotatable bonds is 4. The summed E-state index contributed by atoms with van der Waals surface area (Å²) in [6.45, 7) is 1.46. The summed E-state index contributed by atoms with van der Waals surface area (Å²) in [5.74, 6) is -1.68. The number of nitrogens with one attached hydrogen (secondary N) is 4. The normalized spacial score (nSPS) is 11.1. The lowest BCUT2D eigenvalue weighted by molar-refractivity contribution is -0.123. The first kappa shape index (κ1) is 17.9. The third-order valence-corrected chi connectivity index (χ3v) is 3.18. The van der Waals surface area contributed by atoms with Crippen molar-refractivity contribution in [3.8, 4) is 0 Å². The smallest absolute Gasteiger partial charge is 0.319 e. The topological polar surface area (TPSA) is 99.3 Å². The molecule has 0 radical (unpaired) electrons. The summed E-state index contributed by atoms with van der Waals surface area (Å²) in [6, 6.07) is 12.1. The number of urea groups is 1. The van der Waals surface area contributed by atoms with Crippen molar-refractivity contribution in [2.24, 2.45) is 0 Å². The van der Waals surface area contributed by atoms with Crippen LogP contribution in [-0.2, 0) is 4.79 Å². The van der Waals surface area contributed by atoms with Gasteiger partial charge in [0, 0.05) is 11.3 Å². The number of amides is 4. The van der Waals surface area contributed by atoms with Crippen LogP contribution in [0.5, 0.6) is 0 Å². The number of benzene rings is 2. The van der Waals surface area contributed by atoms with Gasteiger partial charge in [0.25, 0.3) is 11.8 Å². The molecule has 130 valence electrons. The number of carbonyl (C=O) groups is 3. The van der Waals surface area contributed by atoms with Gasteiger partial charge in [-0.05, 0) is 43.3 Å². The van der Waals surface area contributed by atoms with Gasteiger partial charge in [0.15, 0.2) is 0 Å². The highest BCUT2D eigenvalue weighted by molar-refractivity contribution is 5.97. The highest BCUT2D eigenvalue weighted by Crippen LogP contribution is 2.04. The SMILES string of the molecule is CC(NC(=O)Nc1ccccc1)C(=O)NNC(=O)c1ccc(F)cc1. The fraction of sp³-hybridized carbons (Fsp3) is 0.118. The van der Waals surface area contributed by atoms with Gasteiger partial charge in [-0.15, -0.1) is 0 Å². The van der Waals surface area contributed by atoms with E-state index in [0.29, 0.717) is 5.69 Å². The Labute approximate surface area is 143 Å². The Morgan fingerprint density at radius 1 is 0.920 bits per heavy atom. The van der Waals surface area contributed by atoms with E-state index in [1.807, 2.05) is 6.07 Å². The first-order valence-electron chi connectivity index (χ1n) is 7.44. The second-order valence-electron chi connectivity index (χ2n) is 5.14. The number of halogens is 1. The number of hydrazine groups is 1. The Balaban J connectivity index is 1.78. The molecule has 2 aromatic carbocycles. The molecule has 0 bridgehead atoms. The van der Waals surface area contributed by atoms with Gasteiger partial charge in [-0.25, -0.2) is 9.18 Å². The van der Waals surface area contributed by atoms with Gasteiger partial charge in [0.1, 0.15) is 11.9 Å². The van der Waals surface area contributed by atoms with Crippen LogP contribution >= 0.6 is 0 Å². The molecule has 0 fully saturated rings. The van der Waals surface area contributed by atoms with E-state index in [1.165, 1.54) is 19.1 Å². The Hall–Kier alpha value is -3.42. The maximum absolute atomic E-state index is 12.8. The second-order valence-corrected chi connectivity index (χ2v) is 5.14. The van der Waals surface area contributed by atoms with Crippen molar-refractivity contribution in [1.82, 2.24) is 16.2 Å². The molecule has 4 N–H and O–H groups in total. The predicted octanol–water partition coefficient (Wildman–Crippen LogP) is 1.80. The van der Waals surface area contributed by atoms with E-state index in [4.69, 9.17) is 0 Å². The Kier molecular flexibility index (Phi) is 6.05. The minimum Gasteiger partial charge on any atom is -0.326 e. The van der Waals surface area contributed by atoms with Crippen LogP contribution in [0.3, 0.4) is 0 Å². The summed E-state index contributed by atoms with van der Waals surface area (Å²) in [4.78, 5) is 35.5. The number of carbonyl (C=O) groups excluding carboxylic acids is 3. The molecular weight excluding hydrogens is 327 g/mol. The largest absolute Gasteiger partial charge is 0.326 e. The van der Waals surface area contributed by atoms with Crippen LogP contribution in [0.15, 0.2) is 54.6 Å². The molecule has 25 heavy (non-hydrogen) atoms. The molecule has 8 heteroatoms. The summed E-state index contributed by atoms with van der Waals surface area (Å²) in [5, 5.41) is 5.01. The summed E-state index contributed by atoms with van der Waals surface area (Å²) < 4.78 is 12.8. The molecule has 0 aliphatic carbocycles. The number of hydrogen-bond donors (Lipinski definition) is 4. The molecule has 1 unspecified atom stereocenters. The van der Waals surface area contributed by atoms with Gasteiger partial charge in [-0.3, -0.25) is 20.4 Å². The zero-order chi connectivity index (χ0) is 18.2. The highest BCUT2D eigenvalue weighted by atomic mass is 19.1. The van der Waals surface area contributed by atoms with Crippen molar-refractivity contribution in [3.63, 3.8) is 0 Å². The molecule has 0 aliphatic heterocycles. The molecule has 4 amide bonds. The van der Waals surface area contributed by atoms with Crippen molar-refractivity contribution in [1.29, 1.82) is 0 Å². The molecule has 0 aliphatic rings. The van der Waals surface area contributed by atoms with Crippen LogP contribution in [0.2, 0.25) is 0 Å². The maximum atomic E-state index is 12.8. The summed E-state index contributed by atoms with van der Waals surface area (Å²) in [5.41, 5.74) is 5.14. The quantitative estimate of drug-likeness (QED) is 0.636. The monoisotopic (exact) mass is 344 g/mol. The van der Waals surface area contributed by atoms with E-state index in [1.54, 1.807) is 24.3 Å². The van der Waals surface area contributed by atoms with Crippen molar-refractivity contribution in [2.45, 2.75) is 13.0 Å². The van der Waals surface area contributed by atoms with E-state index in [-0.39, 0.29) is 5.56 Å². The number of hydrogen-bond acceptors (Lipinski definition) is 3. The molecule has 2 aromatic rings. The van der Waals surface area contributed by atoms with Crippen LogP contribution < -0.4 is 21.5 Å². The van der Waals surface area contributed by atoms with Crippen molar-refractivity contribution in [3.05, 3.63) is 66.0 Å². The second kappa shape index (κ2) is 8.44. The third-order valence-electron chi connectivity index (χ3n) is 3.18. The van der Waals surface area contributed by atoms with Crippen LogP contribution in [-0.4, -0.2) is 23.9 Å². The molecule has 0 aromatic heterocycles. The van der Waals surface area contributed by atoms with Crippen LogP contribution in [0, 0.1) is 5.82 Å². The fourth-order valence-corrected chi connectivity index (χ4v) is 1.85. The van der Waals surface area contributed by atoms with Gasteiger partial charge in [-0.1, -0.05) is 18.2 Å². The van der Waals surface area contributed by atoms with Gasteiger partial charge in [0.2, 0.25) is 0 Å². The van der Waals surface area contributed by atoms with Crippen LogP contribution in [0.25, 0.3) is 0 Å². The minimum absolute atomic E-state index is 0.184. The maximum Gasteiger partial charge on any atom is 0.319 e. The van der Waals surface area contributed by atoms with E-state index in [0.717, 1.165) is 12.1 Å². The van der Waals surface area contributed by atoms with Crippen molar-refractivity contribution < 1.29 is 18.8 Å². The molecule has 1 atom stereocenters. The van der Waals surface area contributed by atoms with Crippen LogP contribution in [0.1, 0.15) is 17.3 Å². The Morgan fingerprint density at radius 3 is 2.20 bits per heavy atom. The van der Waals surface area contributed by atoms with Crippen molar-refractivity contribution >= 4 is 23.5 Å². The average Bonchev–Trinajstić information content (AvgIpc) is 2.60. The fourth-order valence-electron chi connectivity index (χ4n) is 1.85. The van der Waals surface area contributed by atoms with E-state index in [2.05, 4.69) is 21.5 Å². The lowest BCUT2D eigenvalue weighted by Gasteiger charge is -2.15.